The zero-order valence-corrected chi connectivity index (χ0v) is 32.7. The molecule has 8 rings (SSSR count). The van der Waals surface area contributed by atoms with Crippen LogP contribution in [0.1, 0.15) is 114 Å². The first-order valence-electron chi connectivity index (χ1n) is 20.2. The number of alkyl carbamates (subject to hydrolysis) is 1. The van der Waals surface area contributed by atoms with Crippen LogP contribution in [0, 0.1) is 12.8 Å². The molecule has 0 bridgehead atoms. The first-order chi connectivity index (χ1) is 26.3. The average molecular weight is 776 g/mol. The molecule has 3 aliphatic carbocycles. The van der Waals surface area contributed by atoms with E-state index in [4.69, 9.17) is 14.5 Å². The molecule has 3 N–H and O–H groups in total. The summed E-state index contributed by atoms with van der Waals surface area (Å²) in [6.07, 6.45) is 13.5. The van der Waals surface area contributed by atoms with Crippen LogP contribution in [0.4, 0.5) is 4.79 Å². The van der Waals surface area contributed by atoms with Gasteiger partial charge in [-0.05, 0) is 97.0 Å². The summed E-state index contributed by atoms with van der Waals surface area (Å²) in [7, 11) is -3.97. The molecule has 0 radical (unpaired) electrons. The molecule has 4 heterocycles. The number of allylic oxidation sites excluding steroid dienone is 1. The van der Waals surface area contributed by atoms with Gasteiger partial charge in [-0.2, -0.15) is 0 Å². The van der Waals surface area contributed by atoms with Gasteiger partial charge in [-0.15, -0.1) is 0 Å². The van der Waals surface area contributed by atoms with E-state index in [2.05, 4.69) is 15.4 Å². The third-order valence-corrected chi connectivity index (χ3v) is 15.2. The first-order valence-corrected chi connectivity index (χ1v) is 21.7. The molecule has 14 heteroatoms. The average Bonchev–Trinajstić information content (AvgIpc) is 4.05. The van der Waals surface area contributed by atoms with Crippen LogP contribution >= 0.6 is 0 Å². The second kappa shape index (κ2) is 14.4. The molecular weight excluding hydrogens is 723 g/mol. The lowest BCUT2D eigenvalue weighted by Crippen LogP contribution is -2.58. The van der Waals surface area contributed by atoms with Gasteiger partial charge in [0.2, 0.25) is 21.8 Å². The minimum absolute atomic E-state index is 0.0841. The lowest BCUT2D eigenvalue weighted by molar-refractivity contribution is -0.141. The van der Waals surface area contributed by atoms with Crippen molar-refractivity contribution in [3.8, 4) is 5.75 Å². The smallest absolute Gasteiger partial charge is 0.408 e. The van der Waals surface area contributed by atoms with Crippen LogP contribution in [0.15, 0.2) is 36.4 Å². The van der Waals surface area contributed by atoms with Gasteiger partial charge in [0.15, 0.2) is 0 Å². The topological polar surface area (TPSA) is 173 Å². The molecular formula is C41H53N5O8S. The van der Waals surface area contributed by atoms with Crippen molar-refractivity contribution in [3.05, 3.63) is 47.7 Å². The summed E-state index contributed by atoms with van der Waals surface area (Å²) < 4.78 is 40.4. The molecule has 2 aromatic rings. The van der Waals surface area contributed by atoms with E-state index in [1.54, 1.807) is 6.92 Å². The number of pyridine rings is 1. The van der Waals surface area contributed by atoms with Crippen LogP contribution in [-0.2, 0) is 35.6 Å². The number of sulfonamides is 1. The third kappa shape index (κ3) is 7.31. The number of nitrogens with zero attached hydrogens (tertiary/aromatic N) is 2. The third-order valence-electron chi connectivity index (χ3n) is 13.0. The normalized spacial score (nSPS) is 31.4. The van der Waals surface area contributed by atoms with Crippen LogP contribution in [0.25, 0.3) is 10.9 Å². The fourth-order valence-electron chi connectivity index (χ4n) is 9.15. The molecule has 1 saturated heterocycles. The molecule has 1 aromatic carbocycles. The monoisotopic (exact) mass is 775 g/mol. The van der Waals surface area contributed by atoms with Crippen molar-refractivity contribution in [1.82, 2.24) is 25.2 Å². The highest BCUT2D eigenvalue weighted by atomic mass is 32.2. The fourth-order valence-corrected chi connectivity index (χ4v) is 10.5. The van der Waals surface area contributed by atoms with Crippen molar-refractivity contribution in [2.75, 3.05) is 6.54 Å². The molecule has 55 heavy (non-hydrogen) atoms. The van der Waals surface area contributed by atoms with Crippen LogP contribution < -0.4 is 20.1 Å². The Hall–Kier alpha value is -4.20. The maximum Gasteiger partial charge on any atom is 0.408 e. The van der Waals surface area contributed by atoms with Gasteiger partial charge < -0.3 is 25.0 Å². The summed E-state index contributed by atoms with van der Waals surface area (Å²) in [6, 6.07) is 5.91. The van der Waals surface area contributed by atoms with E-state index in [9.17, 15) is 27.6 Å². The Morgan fingerprint density at radius 1 is 1.00 bits per heavy atom. The van der Waals surface area contributed by atoms with Crippen LogP contribution in [-0.4, -0.2) is 82.7 Å². The van der Waals surface area contributed by atoms with Gasteiger partial charge >= 0.3 is 6.09 Å². The van der Waals surface area contributed by atoms with E-state index in [-0.39, 0.29) is 25.5 Å². The largest absolute Gasteiger partial charge is 0.483 e. The summed E-state index contributed by atoms with van der Waals surface area (Å²) in [4.78, 5) is 63.0. The number of para-hydroxylation sites is 1. The molecule has 3 aliphatic heterocycles. The number of amides is 4. The van der Waals surface area contributed by atoms with Gasteiger partial charge in [0.05, 0.1) is 22.5 Å². The van der Waals surface area contributed by atoms with Gasteiger partial charge in [-0.25, -0.2) is 18.2 Å². The van der Waals surface area contributed by atoms with Gasteiger partial charge in [-0.3, -0.25) is 19.1 Å². The number of nitrogens with one attached hydrogen (secondary N) is 3. The molecule has 3 saturated carbocycles. The Kier molecular flexibility index (Phi) is 9.86. The molecule has 1 aromatic heterocycles. The summed E-state index contributed by atoms with van der Waals surface area (Å²) in [5.41, 5.74) is 0.187. The molecule has 4 amide bonds. The van der Waals surface area contributed by atoms with Crippen molar-refractivity contribution in [2.45, 2.75) is 151 Å². The Balaban J connectivity index is 1.11. The quantitative estimate of drug-likeness (QED) is 0.353. The number of ether oxygens (including phenoxy) is 2. The number of rotatable bonds is 5. The van der Waals surface area contributed by atoms with Crippen LogP contribution in [0.3, 0.4) is 0 Å². The van der Waals surface area contributed by atoms with E-state index in [0.29, 0.717) is 56.4 Å². The molecule has 6 aliphatic rings. The van der Waals surface area contributed by atoms with Crippen LogP contribution in [0.5, 0.6) is 5.75 Å². The number of fused-ring (bicyclic) bond motifs is 5. The second-order valence-corrected chi connectivity index (χ2v) is 19.3. The number of hydrogen-bond donors (Lipinski definition) is 3. The molecule has 1 spiro atoms. The van der Waals surface area contributed by atoms with Gasteiger partial charge in [0.25, 0.3) is 5.91 Å². The van der Waals surface area contributed by atoms with E-state index >= 15 is 0 Å². The first kappa shape index (κ1) is 37.7. The summed E-state index contributed by atoms with van der Waals surface area (Å²) >= 11 is 0. The minimum atomic E-state index is -3.97. The Labute approximate surface area is 322 Å². The summed E-state index contributed by atoms with van der Waals surface area (Å²) in [6.45, 7) is 3.59. The maximum absolute atomic E-state index is 14.8. The number of aromatic nitrogens is 1. The SMILES string of the molecule is Cc1nc2ccccc2c2c1O[C@]1(CC2)C[C@H]2C(=O)N[C@]3(C(=O)NS(=O)(=O)C4(C)CC4)CC3/C=C\CCCCC[C@H](NC(=O)OC3CCCCC3)C(=O)N2C1. The fraction of sp³-hybridized carbons (Fsp3) is 0.634. The summed E-state index contributed by atoms with van der Waals surface area (Å²) in [5.74, 6) is -1.50. The van der Waals surface area contributed by atoms with Crippen molar-refractivity contribution in [3.63, 3.8) is 0 Å². The van der Waals surface area contributed by atoms with E-state index in [1.807, 2.05) is 43.3 Å². The number of aryl methyl sites for hydroxylation is 2. The highest BCUT2D eigenvalue weighted by Crippen LogP contribution is 2.49. The zero-order valence-electron chi connectivity index (χ0n) is 31.9. The molecule has 13 nitrogen and oxygen atoms in total. The highest BCUT2D eigenvalue weighted by molar-refractivity contribution is 7.91. The maximum atomic E-state index is 14.8. The summed E-state index contributed by atoms with van der Waals surface area (Å²) in [5, 5.41) is 6.85. The zero-order chi connectivity index (χ0) is 38.6. The number of benzene rings is 1. The predicted molar refractivity (Wildman–Crippen MR) is 204 cm³/mol. The number of carbonyl (C=O) groups excluding carboxylic acids is 4. The second-order valence-electron chi connectivity index (χ2n) is 17.1. The number of hydrogen-bond acceptors (Lipinski definition) is 9. The number of carbonyl (C=O) groups is 4. The Morgan fingerprint density at radius 3 is 2.53 bits per heavy atom. The van der Waals surface area contributed by atoms with Crippen molar-refractivity contribution >= 4 is 44.7 Å². The van der Waals surface area contributed by atoms with Crippen LogP contribution in [0.2, 0.25) is 0 Å². The standard InChI is InChI=1S/C41H53N5O8S/c1-26-34-30(29-16-11-12-17-31(29)42-26)19-20-40(54-34)24-33-35(47)44-41(37(49)45-55(51,52)39(2)21-22-39)23-27(41)13-7-4-3-5-10-18-32(36(48)46(33)25-40)43-38(50)53-28-14-8-6-9-15-28/h7,11-13,16-17,27-28,32-33H,3-6,8-10,14-15,18-25H2,1-2H3,(H,43,50)(H,44,47)(H,45,49)/b13-7-/t27?,32-,33-,40+,41+/m0/s1. The molecule has 5 atom stereocenters. The lowest BCUT2D eigenvalue weighted by atomic mass is 9.87. The minimum Gasteiger partial charge on any atom is -0.483 e. The van der Waals surface area contributed by atoms with E-state index in [0.717, 1.165) is 61.4 Å². The Bertz CT molecular complexity index is 2030. The lowest BCUT2D eigenvalue weighted by Gasteiger charge is -2.36. The molecule has 4 fully saturated rings. The molecule has 1 unspecified atom stereocenters. The predicted octanol–water partition coefficient (Wildman–Crippen LogP) is 5.03. The van der Waals surface area contributed by atoms with Crippen molar-refractivity contribution < 1.29 is 37.1 Å². The van der Waals surface area contributed by atoms with Crippen molar-refractivity contribution in [2.24, 2.45) is 5.92 Å². The van der Waals surface area contributed by atoms with Gasteiger partial charge in [0, 0.05) is 23.3 Å². The highest BCUT2D eigenvalue weighted by Gasteiger charge is 2.64. The van der Waals surface area contributed by atoms with Gasteiger partial charge in [0.1, 0.15) is 35.1 Å². The Morgan fingerprint density at radius 2 is 1.75 bits per heavy atom. The van der Waals surface area contributed by atoms with E-state index < -0.39 is 67.7 Å². The molecule has 296 valence electrons. The van der Waals surface area contributed by atoms with Gasteiger partial charge in [-0.1, -0.05) is 49.6 Å². The van der Waals surface area contributed by atoms with Crippen molar-refractivity contribution in [1.29, 1.82) is 0 Å². The van der Waals surface area contributed by atoms with E-state index in [1.165, 1.54) is 4.90 Å².